The van der Waals surface area contributed by atoms with Gasteiger partial charge in [-0.3, -0.25) is 0 Å². The molecular weight excluding hydrogens is 273 g/mol. The van der Waals surface area contributed by atoms with Crippen molar-refractivity contribution in [3.8, 4) is 0 Å². The van der Waals surface area contributed by atoms with E-state index in [1.165, 1.54) is 17.8 Å². The second-order valence-electron chi connectivity index (χ2n) is 4.55. The molecule has 2 rings (SSSR count). The fraction of sp³-hybridized carbons (Fsp3) is 0.333. The van der Waals surface area contributed by atoms with Gasteiger partial charge in [-0.2, -0.15) is 0 Å². The van der Waals surface area contributed by atoms with Crippen molar-refractivity contribution in [1.82, 2.24) is 15.3 Å². The van der Waals surface area contributed by atoms with Gasteiger partial charge in [0.05, 0.1) is 4.90 Å². The smallest absolute Gasteiger partial charge is 0.192 e. The second-order valence-corrected chi connectivity index (χ2v) is 5.53. The Balaban J connectivity index is 2.18. The highest BCUT2D eigenvalue weighted by Gasteiger charge is 2.11. The van der Waals surface area contributed by atoms with Crippen LogP contribution in [0.25, 0.3) is 0 Å². The van der Waals surface area contributed by atoms with E-state index >= 15 is 0 Å². The van der Waals surface area contributed by atoms with Crippen molar-refractivity contribution >= 4 is 11.8 Å². The van der Waals surface area contributed by atoms with Crippen molar-refractivity contribution in [2.75, 3.05) is 6.54 Å². The molecule has 0 saturated carbocycles. The lowest BCUT2D eigenvalue weighted by Gasteiger charge is -2.10. The summed E-state index contributed by atoms with van der Waals surface area (Å²) in [4.78, 5) is 9.03. The first-order valence-corrected chi connectivity index (χ1v) is 7.47. The number of aryl methyl sites for hydroxylation is 1. The first kappa shape index (κ1) is 14.9. The van der Waals surface area contributed by atoms with E-state index in [-0.39, 0.29) is 5.82 Å². The molecule has 0 fully saturated rings. The fourth-order valence-corrected chi connectivity index (χ4v) is 2.56. The largest absolute Gasteiger partial charge is 0.313 e. The zero-order valence-electron chi connectivity index (χ0n) is 11.7. The molecule has 1 heterocycles. The minimum Gasteiger partial charge on any atom is -0.313 e. The number of benzene rings is 1. The van der Waals surface area contributed by atoms with Crippen LogP contribution in [0.2, 0.25) is 0 Å². The van der Waals surface area contributed by atoms with Crippen LogP contribution in [0.5, 0.6) is 0 Å². The van der Waals surface area contributed by atoms with Crippen LogP contribution < -0.4 is 5.32 Å². The molecule has 0 aliphatic rings. The van der Waals surface area contributed by atoms with Crippen LogP contribution in [0, 0.1) is 12.7 Å². The number of rotatable bonds is 6. The van der Waals surface area contributed by atoms with Gasteiger partial charge in [-0.15, -0.1) is 0 Å². The standard InChI is InChI=1S/C15H18FN3S/c1-3-7-17-10-12-5-4-6-13(16)14(12)20-15-18-8-11(2)9-19-15/h4-6,8-9,17H,3,7,10H2,1-2H3. The molecular formula is C15H18FN3S. The lowest BCUT2D eigenvalue weighted by atomic mass is 10.2. The lowest BCUT2D eigenvalue weighted by Crippen LogP contribution is -2.14. The van der Waals surface area contributed by atoms with Crippen LogP contribution in [0.3, 0.4) is 0 Å². The maximum Gasteiger partial charge on any atom is 0.192 e. The number of aromatic nitrogens is 2. The molecule has 20 heavy (non-hydrogen) atoms. The van der Waals surface area contributed by atoms with Gasteiger partial charge in [-0.05, 0) is 48.8 Å². The van der Waals surface area contributed by atoms with Crippen molar-refractivity contribution in [2.24, 2.45) is 0 Å². The third-order valence-corrected chi connectivity index (χ3v) is 3.80. The van der Waals surface area contributed by atoms with E-state index in [1.807, 2.05) is 13.0 Å². The predicted octanol–water partition coefficient (Wildman–Crippen LogP) is 3.57. The molecule has 0 unspecified atom stereocenters. The molecule has 5 heteroatoms. The molecule has 0 aliphatic carbocycles. The fourth-order valence-electron chi connectivity index (χ4n) is 1.73. The summed E-state index contributed by atoms with van der Waals surface area (Å²) in [6.07, 6.45) is 4.54. The normalized spacial score (nSPS) is 10.8. The summed E-state index contributed by atoms with van der Waals surface area (Å²) in [5, 5.41) is 3.86. The van der Waals surface area contributed by atoms with Gasteiger partial charge in [0.25, 0.3) is 0 Å². The molecule has 1 aromatic carbocycles. The number of nitrogens with one attached hydrogen (secondary N) is 1. The van der Waals surface area contributed by atoms with E-state index in [0.717, 1.165) is 24.1 Å². The highest BCUT2D eigenvalue weighted by atomic mass is 32.2. The van der Waals surface area contributed by atoms with E-state index in [0.29, 0.717) is 16.6 Å². The van der Waals surface area contributed by atoms with Gasteiger partial charge < -0.3 is 5.32 Å². The molecule has 0 radical (unpaired) electrons. The van der Waals surface area contributed by atoms with Crippen molar-refractivity contribution < 1.29 is 4.39 Å². The Morgan fingerprint density at radius 2 is 2.00 bits per heavy atom. The first-order valence-electron chi connectivity index (χ1n) is 6.65. The SMILES string of the molecule is CCCNCc1cccc(F)c1Sc1ncc(C)cn1. The highest BCUT2D eigenvalue weighted by molar-refractivity contribution is 7.99. The number of nitrogens with zero attached hydrogens (tertiary/aromatic N) is 2. The minimum atomic E-state index is -0.227. The van der Waals surface area contributed by atoms with E-state index in [9.17, 15) is 4.39 Å². The van der Waals surface area contributed by atoms with Gasteiger partial charge >= 0.3 is 0 Å². The quantitative estimate of drug-likeness (QED) is 0.652. The van der Waals surface area contributed by atoms with Crippen molar-refractivity contribution in [3.05, 3.63) is 47.5 Å². The summed E-state index contributed by atoms with van der Waals surface area (Å²) >= 11 is 1.27. The Hall–Kier alpha value is -1.46. The van der Waals surface area contributed by atoms with Gasteiger partial charge in [-0.1, -0.05) is 19.1 Å². The van der Waals surface area contributed by atoms with E-state index in [1.54, 1.807) is 18.5 Å². The molecule has 0 bridgehead atoms. The zero-order chi connectivity index (χ0) is 14.4. The van der Waals surface area contributed by atoms with E-state index in [2.05, 4.69) is 22.2 Å². The van der Waals surface area contributed by atoms with Crippen LogP contribution in [0.1, 0.15) is 24.5 Å². The Morgan fingerprint density at radius 3 is 2.70 bits per heavy atom. The first-order chi connectivity index (χ1) is 9.70. The summed E-state index contributed by atoms with van der Waals surface area (Å²) in [5.41, 5.74) is 1.93. The third kappa shape index (κ3) is 4.02. The lowest BCUT2D eigenvalue weighted by molar-refractivity contribution is 0.588. The second kappa shape index (κ2) is 7.36. The van der Waals surface area contributed by atoms with Crippen LogP contribution in [0.4, 0.5) is 4.39 Å². The van der Waals surface area contributed by atoms with Gasteiger partial charge in [0.2, 0.25) is 0 Å². The predicted molar refractivity (Wildman–Crippen MR) is 79.3 cm³/mol. The average molecular weight is 291 g/mol. The van der Waals surface area contributed by atoms with Crippen molar-refractivity contribution in [2.45, 2.75) is 36.9 Å². The van der Waals surface area contributed by atoms with Crippen LogP contribution >= 0.6 is 11.8 Å². The Kier molecular flexibility index (Phi) is 5.49. The van der Waals surface area contributed by atoms with Crippen LogP contribution in [-0.2, 0) is 6.54 Å². The Bertz CT molecular complexity index is 558. The van der Waals surface area contributed by atoms with Gasteiger partial charge in [-0.25, -0.2) is 14.4 Å². The van der Waals surface area contributed by atoms with Gasteiger partial charge in [0, 0.05) is 18.9 Å². The molecule has 106 valence electrons. The molecule has 0 aliphatic heterocycles. The molecule has 0 amide bonds. The summed E-state index contributed by atoms with van der Waals surface area (Å²) in [6.45, 7) is 5.60. The summed E-state index contributed by atoms with van der Waals surface area (Å²) in [5.74, 6) is -0.227. The average Bonchev–Trinajstić information content (AvgIpc) is 2.45. The number of halogens is 1. The van der Waals surface area contributed by atoms with Crippen molar-refractivity contribution in [1.29, 1.82) is 0 Å². The van der Waals surface area contributed by atoms with Crippen LogP contribution in [-0.4, -0.2) is 16.5 Å². The summed E-state index contributed by atoms with van der Waals surface area (Å²) in [7, 11) is 0. The molecule has 3 nitrogen and oxygen atoms in total. The molecule has 0 saturated heterocycles. The molecule has 1 N–H and O–H groups in total. The van der Waals surface area contributed by atoms with Gasteiger partial charge in [0.15, 0.2) is 5.16 Å². The molecule has 1 aromatic heterocycles. The van der Waals surface area contributed by atoms with E-state index < -0.39 is 0 Å². The maximum atomic E-state index is 14.0. The molecule has 2 aromatic rings. The Morgan fingerprint density at radius 1 is 1.25 bits per heavy atom. The maximum absolute atomic E-state index is 14.0. The number of hydrogen-bond acceptors (Lipinski definition) is 4. The molecule has 0 atom stereocenters. The number of hydrogen-bond donors (Lipinski definition) is 1. The summed E-state index contributed by atoms with van der Waals surface area (Å²) in [6, 6.07) is 5.14. The van der Waals surface area contributed by atoms with E-state index in [4.69, 9.17) is 0 Å². The Labute approximate surface area is 123 Å². The monoisotopic (exact) mass is 291 g/mol. The zero-order valence-corrected chi connectivity index (χ0v) is 12.5. The minimum absolute atomic E-state index is 0.227. The topological polar surface area (TPSA) is 37.8 Å². The highest BCUT2D eigenvalue weighted by Crippen LogP contribution is 2.30. The van der Waals surface area contributed by atoms with Crippen LogP contribution in [0.15, 0.2) is 40.6 Å². The third-order valence-electron chi connectivity index (χ3n) is 2.74. The summed E-state index contributed by atoms with van der Waals surface area (Å²) < 4.78 is 14.0. The molecule has 0 spiro atoms. The van der Waals surface area contributed by atoms with Gasteiger partial charge in [0.1, 0.15) is 5.82 Å². The van der Waals surface area contributed by atoms with Crippen molar-refractivity contribution in [3.63, 3.8) is 0 Å².